The van der Waals surface area contributed by atoms with Gasteiger partial charge < -0.3 is 19.0 Å². The molecular weight excluding hydrogens is 298 g/mol. The summed E-state index contributed by atoms with van der Waals surface area (Å²) < 4.78 is 10.1. The van der Waals surface area contributed by atoms with Crippen molar-refractivity contribution in [2.75, 3.05) is 7.11 Å². The van der Waals surface area contributed by atoms with Crippen molar-refractivity contribution in [3.8, 4) is 11.5 Å². The molecule has 106 valence electrons. The van der Waals surface area contributed by atoms with Gasteiger partial charge in [0.15, 0.2) is 0 Å². The zero-order valence-electron chi connectivity index (χ0n) is 10.7. The van der Waals surface area contributed by atoms with Crippen LogP contribution in [0.3, 0.4) is 0 Å². The molecule has 0 aromatic heterocycles. The fourth-order valence-electron chi connectivity index (χ4n) is 1.39. The summed E-state index contributed by atoms with van der Waals surface area (Å²) in [6.45, 7) is 6.06. The summed E-state index contributed by atoms with van der Waals surface area (Å²) >= 11 is 0. The summed E-state index contributed by atoms with van der Waals surface area (Å²) in [4.78, 5) is 17.8. The SMILES string of the molecule is COc1ccc(OP(O)O)c(C(C)(C)C)c1.Cl.Cl. The van der Waals surface area contributed by atoms with Crippen LogP contribution in [-0.2, 0) is 5.41 Å². The van der Waals surface area contributed by atoms with Crippen molar-refractivity contribution in [2.45, 2.75) is 26.2 Å². The third-order valence-electron chi connectivity index (χ3n) is 2.17. The number of benzene rings is 1. The number of rotatable bonds is 3. The highest BCUT2D eigenvalue weighted by Crippen LogP contribution is 2.39. The average molecular weight is 317 g/mol. The summed E-state index contributed by atoms with van der Waals surface area (Å²) in [5.41, 5.74) is 0.720. The largest absolute Gasteiger partial charge is 0.497 e. The van der Waals surface area contributed by atoms with Crippen LogP contribution >= 0.6 is 33.4 Å². The van der Waals surface area contributed by atoms with Crippen LogP contribution in [0.2, 0.25) is 0 Å². The number of methoxy groups -OCH3 is 1. The zero-order valence-corrected chi connectivity index (χ0v) is 13.2. The molecule has 0 bridgehead atoms. The molecule has 1 aromatic carbocycles. The summed E-state index contributed by atoms with van der Waals surface area (Å²) in [5, 5.41) is 0. The Bertz CT molecular complexity index is 367. The van der Waals surface area contributed by atoms with Crippen molar-refractivity contribution in [2.24, 2.45) is 0 Å². The standard InChI is InChI=1S/C11H17O4P.2ClH/c1-11(2,3)9-7-8(14-4)5-6-10(9)15-16(12)13;;/h5-7,12-13H,1-4H3;2*1H. The van der Waals surface area contributed by atoms with E-state index in [1.54, 1.807) is 19.2 Å². The van der Waals surface area contributed by atoms with E-state index in [1.807, 2.05) is 26.8 Å². The lowest BCUT2D eigenvalue weighted by Crippen LogP contribution is -2.12. The molecule has 0 amide bonds. The fraction of sp³-hybridized carbons (Fsp3) is 0.455. The summed E-state index contributed by atoms with van der Waals surface area (Å²) in [7, 11) is -0.804. The van der Waals surface area contributed by atoms with E-state index in [-0.39, 0.29) is 30.2 Å². The Hall–Kier alpha value is -0.250. The van der Waals surface area contributed by atoms with E-state index in [9.17, 15) is 0 Å². The molecule has 0 heterocycles. The van der Waals surface area contributed by atoms with Crippen molar-refractivity contribution in [3.63, 3.8) is 0 Å². The number of halogens is 2. The monoisotopic (exact) mass is 316 g/mol. The lowest BCUT2D eigenvalue weighted by atomic mass is 9.86. The molecule has 2 N–H and O–H groups in total. The Morgan fingerprint density at radius 2 is 1.67 bits per heavy atom. The van der Waals surface area contributed by atoms with E-state index in [4.69, 9.17) is 19.0 Å². The minimum absolute atomic E-state index is 0. The van der Waals surface area contributed by atoms with E-state index < -0.39 is 8.60 Å². The first-order chi connectivity index (χ1) is 7.34. The van der Waals surface area contributed by atoms with Gasteiger partial charge in [-0.25, -0.2) is 0 Å². The first kappa shape index (κ1) is 20.1. The normalized spacial score (nSPS) is 10.4. The summed E-state index contributed by atoms with van der Waals surface area (Å²) in [6.07, 6.45) is 0. The molecule has 4 nitrogen and oxygen atoms in total. The topological polar surface area (TPSA) is 58.9 Å². The second-order valence-corrected chi connectivity index (χ2v) is 5.14. The molecule has 0 radical (unpaired) electrons. The highest BCUT2D eigenvalue weighted by atomic mass is 35.5. The van der Waals surface area contributed by atoms with E-state index in [0.717, 1.165) is 11.3 Å². The van der Waals surface area contributed by atoms with Crippen LogP contribution in [0.1, 0.15) is 26.3 Å². The maximum Gasteiger partial charge on any atom is 0.391 e. The van der Waals surface area contributed by atoms with Crippen LogP contribution in [0.5, 0.6) is 11.5 Å². The molecule has 0 aliphatic carbocycles. The van der Waals surface area contributed by atoms with Crippen molar-refractivity contribution < 1.29 is 19.0 Å². The average Bonchev–Trinajstić information content (AvgIpc) is 2.15. The van der Waals surface area contributed by atoms with Crippen LogP contribution in [0, 0.1) is 0 Å². The molecule has 0 aliphatic rings. The Morgan fingerprint density at radius 3 is 2.06 bits per heavy atom. The molecule has 0 spiro atoms. The zero-order chi connectivity index (χ0) is 12.3. The maximum absolute atomic E-state index is 8.89. The highest BCUT2D eigenvalue weighted by molar-refractivity contribution is 7.39. The van der Waals surface area contributed by atoms with Crippen LogP contribution < -0.4 is 9.26 Å². The minimum atomic E-state index is -2.39. The van der Waals surface area contributed by atoms with Crippen molar-refractivity contribution in [1.82, 2.24) is 0 Å². The predicted molar refractivity (Wildman–Crippen MR) is 78.2 cm³/mol. The van der Waals surface area contributed by atoms with Crippen LogP contribution in [0.15, 0.2) is 18.2 Å². The van der Waals surface area contributed by atoms with Gasteiger partial charge in [0.1, 0.15) is 11.5 Å². The van der Waals surface area contributed by atoms with Gasteiger partial charge in [-0.1, -0.05) is 20.8 Å². The maximum atomic E-state index is 8.89. The van der Waals surface area contributed by atoms with Gasteiger partial charge in [-0.05, 0) is 23.6 Å². The van der Waals surface area contributed by atoms with E-state index in [2.05, 4.69) is 0 Å². The molecule has 0 atom stereocenters. The molecule has 18 heavy (non-hydrogen) atoms. The fourth-order valence-corrected chi connectivity index (χ4v) is 1.72. The molecule has 0 saturated carbocycles. The van der Waals surface area contributed by atoms with Gasteiger partial charge in [0.05, 0.1) is 7.11 Å². The molecule has 0 fully saturated rings. The second kappa shape index (κ2) is 8.03. The molecule has 1 rings (SSSR count). The Morgan fingerprint density at radius 1 is 1.11 bits per heavy atom. The van der Waals surface area contributed by atoms with E-state index in [0.29, 0.717) is 5.75 Å². The molecule has 7 heteroatoms. The third kappa shape index (κ3) is 5.59. The van der Waals surface area contributed by atoms with Gasteiger partial charge in [-0.15, -0.1) is 24.8 Å². The molecule has 1 aromatic rings. The Balaban J connectivity index is 0. The molecule has 0 unspecified atom stereocenters. The Kier molecular flexibility index (Phi) is 8.95. The number of ether oxygens (including phenoxy) is 1. The number of hydrogen-bond acceptors (Lipinski definition) is 4. The van der Waals surface area contributed by atoms with E-state index in [1.165, 1.54) is 0 Å². The van der Waals surface area contributed by atoms with Crippen LogP contribution in [0.25, 0.3) is 0 Å². The first-order valence-corrected chi connectivity index (χ1v) is 6.05. The van der Waals surface area contributed by atoms with Crippen LogP contribution in [-0.4, -0.2) is 16.9 Å². The molecule has 0 saturated heterocycles. The second-order valence-electron chi connectivity index (χ2n) is 4.46. The third-order valence-corrected chi connectivity index (χ3v) is 2.53. The van der Waals surface area contributed by atoms with Gasteiger partial charge in [-0.2, -0.15) is 0 Å². The molecule has 0 aliphatic heterocycles. The first-order valence-electron chi connectivity index (χ1n) is 4.89. The van der Waals surface area contributed by atoms with E-state index >= 15 is 0 Å². The lowest BCUT2D eigenvalue weighted by Gasteiger charge is -2.23. The summed E-state index contributed by atoms with van der Waals surface area (Å²) in [5.74, 6) is 1.20. The minimum Gasteiger partial charge on any atom is -0.497 e. The quantitative estimate of drug-likeness (QED) is 0.839. The van der Waals surface area contributed by atoms with Gasteiger partial charge in [-0.3, -0.25) is 0 Å². The van der Waals surface area contributed by atoms with Crippen molar-refractivity contribution in [1.29, 1.82) is 0 Å². The van der Waals surface area contributed by atoms with Crippen LogP contribution in [0.4, 0.5) is 0 Å². The molecular formula is C11H19Cl2O4P. The van der Waals surface area contributed by atoms with Gasteiger partial charge in [0, 0.05) is 5.56 Å². The predicted octanol–water partition coefficient (Wildman–Crippen LogP) is 3.43. The van der Waals surface area contributed by atoms with Crippen molar-refractivity contribution in [3.05, 3.63) is 23.8 Å². The lowest BCUT2D eigenvalue weighted by molar-refractivity contribution is 0.367. The summed E-state index contributed by atoms with van der Waals surface area (Å²) in [6, 6.07) is 5.25. The van der Waals surface area contributed by atoms with Gasteiger partial charge in [0.25, 0.3) is 0 Å². The van der Waals surface area contributed by atoms with Gasteiger partial charge >= 0.3 is 8.60 Å². The van der Waals surface area contributed by atoms with Crippen molar-refractivity contribution >= 4 is 33.4 Å². The Labute approximate surface area is 121 Å². The number of hydrogen-bond donors (Lipinski definition) is 2. The van der Waals surface area contributed by atoms with Gasteiger partial charge in [0.2, 0.25) is 0 Å². The highest BCUT2D eigenvalue weighted by Gasteiger charge is 2.21. The smallest absolute Gasteiger partial charge is 0.391 e.